The Kier molecular flexibility index (Phi) is 4.48. The van der Waals surface area contributed by atoms with Crippen LogP contribution in [0.3, 0.4) is 0 Å². The molecular weight excluding hydrogens is 324 g/mol. The normalized spacial score (nSPS) is 16.8. The van der Waals surface area contributed by atoms with Crippen molar-refractivity contribution in [2.75, 3.05) is 33.2 Å². The first-order chi connectivity index (χ1) is 11.2. The molecule has 1 N–H and O–H groups in total. The van der Waals surface area contributed by atoms with Gasteiger partial charge in [0, 0.05) is 31.1 Å². The van der Waals surface area contributed by atoms with E-state index < -0.39 is 0 Å². The Morgan fingerprint density at radius 1 is 1.29 bits per heavy atom. The van der Waals surface area contributed by atoms with Gasteiger partial charge in [-0.3, -0.25) is 9.59 Å². The summed E-state index contributed by atoms with van der Waals surface area (Å²) in [6.45, 7) is 9.57. The molecule has 1 amide bonds. The third-order valence-corrected chi connectivity index (χ3v) is 5.89. The summed E-state index contributed by atoms with van der Waals surface area (Å²) < 4.78 is 0.635. The first-order valence-corrected chi connectivity index (χ1v) is 9.05. The van der Waals surface area contributed by atoms with Gasteiger partial charge in [-0.25, -0.2) is 4.98 Å². The summed E-state index contributed by atoms with van der Waals surface area (Å²) in [5.41, 5.74) is 0.518. The van der Waals surface area contributed by atoms with Crippen molar-refractivity contribution in [3.63, 3.8) is 0 Å². The van der Waals surface area contributed by atoms with E-state index in [4.69, 9.17) is 0 Å². The van der Waals surface area contributed by atoms with Crippen molar-refractivity contribution in [2.45, 2.75) is 32.6 Å². The van der Waals surface area contributed by atoms with E-state index in [0.717, 1.165) is 31.1 Å². The summed E-state index contributed by atoms with van der Waals surface area (Å²) >= 11 is 1.48. The van der Waals surface area contributed by atoms with E-state index >= 15 is 0 Å². The molecule has 0 saturated carbocycles. The molecule has 2 aromatic rings. The maximum absolute atomic E-state index is 12.4. The summed E-state index contributed by atoms with van der Waals surface area (Å²) in [5, 5.41) is 0. The third-order valence-electron chi connectivity index (χ3n) is 4.35. The SMILES string of the molecule is CN1CCN(C(=O)Cc2nc3cc(C(C)(C)C)sc3c(=O)[nH]2)CC1. The van der Waals surface area contributed by atoms with Gasteiger partial charge in [0.1, 0.15) is 10.5 Å². The molecule has 1 aliphatic rings. The van der Waals surface area contributed by atoms with Crippen LogP contribution >= 0.6 is 11.3 Å². The maximum Gasteiger partial charge on any atom is 0.268 e. The highest BCUT2D eigenvalue weighted by Crippen LogP contribution is 2.31. The van der Waals surface area contributed by atoms with Crippen molar-refractivity contribution < 1.29 is 4.79 Å². The Morgan fingerprint density at radius 2 is 1.96 bits per heavy atom. The van der Waals surface area contributed by atoms with Gasteiger partial charge in [0.05, 0.1) is 11.9 Å². The average Bonchev–Trinajstić information content (AvgIpc) is 2.92. The number of hydrogen-bond acceptors (Lipinski definition) is 5. The van der Waals surface area contributed by atoms with E-state index in [2.05, 4.69) is 42.7 Å². The van der Waals surface area contributed by atoms with Gasteiger partial charge in [-0.2, -0.15) is 0 Å². The lowest BCUT2D eigenvalue weighted by Crippen LogP contribution is -2.47. The van der Waals surface area contributed by atoms with E-state index in [1.54, 1.807) is 0 Å². The molecular formula is C17H24N4O2S. The molecule has 0 aliphatic carbocycles. The smallest absolute Gasteiger partial charge is 0.268 e. The van der Waals surface area contributed by atoms with Crippen LogP contribution in [0.4, 0.5) is 0 Å². The zero-order valence-corrected chi connectivity index (χ0v) is 15.5. The minimum Gasteiger partial charge on any atom is -0.340 e. The van der Waals surface area contributed by atoms with Crippen LogP contribution in [-0.2, 0) is 16.6 Å². The van der Waals surface area contributed by atoms with Gasteiger partial charge < -0.3 is 14.8 Å². The molecule has 2 aromatic heterocycles. The molecule has 24 heavy (non-hydrogen) atoms. The Hall–Kier alpha value is -1.73. The first kappa shape index (κ1) is 17.1. The van der Waals surface area contributed by atoms with Gasteiger partial charge in [0.25, 0.3) is 5.56 Å². The fraction of sp³-hybridized carbons (Fsp3) is 0.588. The predicted molar refractivity (Wildman–Crippen MR) is 96.7 cm³/mol. The maximum atomic E-state index is 12.4. The molecule has 1 aliphatic heterocycles. The summed E-state index contributed by atoms with van der Waals surface area (Å²) in [6.07, 6.45) is 0.148. The number of carbonyl (C=O) groups is 1. The number of aromatic nitrogens is 2. The molecule has 3 heterocycles. The second-order valence-corrected chi connectivity index (χ2v) is 8.50. The number of hydrogen-bond donors (Lipinski definition) is 1. The summed E-state index contributed by atoms with van der Waals surface area (Å²) in [4.78, 5) is 37.2. The number of aromatic amines is 1. The molecule has 6 nitrogen and oxygen atoms in total. The van der Waals surface area contributed by atoms with Gasteiger partial charge in [0.2, 0.25) is 5.91 Å². The fourth-order valence-electron chi connectivity index (χ4n) is 2.75. The fourth-order valence-corrected chi connectivity index (χ4v) is 3.80. The number of nitrogens with one attached hydrogen (secondary N) is 1. The quantitative estimate of drug-likeness (QED) is 0.895. The van der Waals surface area contributed by atoms with Gasteiger partial charge in [-0.05, 0) is 18.5 Å². The second kappa shape index (κ2) is 6.29. The van der Waals surface area contributed by atoms with Gasteiger partial charge >= 0.3 is 0 Å². The summed E-state index contributed by atoms with van der Waals surface area (Å²) in [6, 6.07) is 1.97. The molecule has 1 saturated heterocycles. The lowest BCUT2D eigenvalue weighted by atomic mass is 9.95. The monoisotopic (exact) mass is 348 g/mol. The number of rotatable bonds is 2. The van der Waals surface area contributed by atoms with Crippen LogP contribution in [-0.4, -0.2) is 58.9 Å². The van der Waals surface area contributed by atoms with Crippen LogP contribution in [0.25, 0.3) is 10.2 Å². The highest BCUT2D eigenvalue weighted by Gasteiger charge is 2.22. The molecule has 0 unspecified atom stereocenters. The van der Waals surface area contributed by atoms with Crippen molar-refractivity contribution in [3.8, 4) is 0 Å². The van der Waals surface area contributed by atoms with Gasteiger partial charge in [-0.15, -0.1) is 11.3 Å². The molecule has 3 rings (SSSR count). The number of H-pyrrole nitrogens is 1. The zero-order chi connectivity index (χ0) is 17.5. The molecule has 0 bridgehead atoms. The topological polar surface area (TPSA) is 69.3 Å². The van der Waals surface area contributed by atoms with E-state index in [0.29, 0.717) is 16.0 Å². The summed E-state index contributed by atoms with van der Waals surface area (Å²) in [5.74, 6) is 0.478. The molecule has 0 radical (unpaired) electrons. The van der Waals surface area contributed by atoms with Crippen LogP contribution in [0.2, 0.25) is 0 Å². The van der Waals surface area contributed by atoms with Crippen LogP contribution in [0.5, 0.6) is 0 Å². The average molecular weight is 348 g/mol. The van der Waals surface area contributed by atoms with Crippen LogP contribution in [0.15, 0.2) is 10.9 Å². The van der Waals surface area contributed by atoms with E-state index in [9.17, 15) is 9.59 Å². The molecule has 1 fully saturated rings. The Labute approximate surface area is 145 Å². The van der Waals surface area contributed by atoms with Crippen LogP contribution < -0.4 is 5.56 Å². The van der Waals surface area contributed by atoms with Crippen LogP contribution in [0.1, 0.15) is 31.5 Å². The number of carbonyl (C=O) groups excluding carboxylic acids is 1. The van der Waals surface area contributed by atoms with Gasteiger partial charge in [-0.1, -0.05) is 20.8 Å². The number of fused-ring (bicyclic) bond motifs is 1. The van der Waals surface area contributed by atoms with Crippen molar-refractivity contribution >= 4 is 27.5 Å². The third kappa shape index (κ3) is 3.52. The second-order valence-electron chi connectivity index (χ2n) is 7.45. The number of thiophene rings is 1. The number of piperazine rings is 1. The Bertz CT molecular complexity index is 810. The van der Waals surface area contributed by atoms with E-state index in [-0.39, 0.29) is 23.3 Å². The van der Waals surface area contributed by atoms with Crippen LogP contribution in [0, 0.1) is 0 Å². The highest BCUT2D eigenvalue weighted by atomic mass is 32.1. The number of nitrogens with zero attached hydrogens (tertiary/aromatic N) is 3. The number of amides is 1. The van der Waals surface area contributed by atoms with E-state index in [1.165, 1.54) is 11.3 Å². The zero-order valence-electron chi connectivity index (χ0n) is 14.7. The van der Waals surface area contributed by atoms with Gasteiger partial charge in [0.15, 0.2) is 0 Å². The standard InChI is InChI=1S/C17H24N4O2S/c1-17(2,3)12-9-11-15(24-12)16(23)19-13(18-11)10-14(22)21-7-5-20(4)6-8-21/h9H,5-8,10H2,1-4H3,(H,18,19,23). The lowest BCUT2D eigenvalue weighted by molar-refractivity contribution is -0.132. The van der Waals surface area contributed by atoms with Crippen molar-refractivity contribution in [1.82, 2.24) is 19.8 Å². The lowest BCUT2D eigenvalue weighted by Gasteiger charge is -2.32. The van der Waals surface area contributed by atoms with E-state index in [1.807, 2.05) is 11.0 Å². The number of likely N-dealkylation sites (N-methyl/N-ethyl adjacent to an activating group) is 1. The van der Waals surface area contributed by atoms with Crippen molar-refractivity contribution in [1.29, 1.82) is 0 Å². The Morgan fingerprint density at radius 3 is 2.58 bits per heavy atom. The molecule has 0 atom stereocenters. The minimum atomic E-state index is -0.151. The van der Waals surface area contributed by atoms with Crippen molar-refractivity contribution in [3.05, 3.63) is 27.1 Å². The Balaban J connectivity index is 1.82. The molecule has 0 spiro atoms. The summed E-state index contributed by atoms with van der Waals surface area (Å²) in [7, 11) is 2.05. The van der Waals surface area contributed by atoms with Crippen molar-refractivity contribution in [2.24, 2.45) is 0 Å². The molecule has 7 heteroatoms. The highest BCUT2D eigenvalue weighted by molar-refractivity contribution is 7.19. The molecule has 0 aromatic carbocycles. The largest absolute Gasteiger partial charge is 0.340 e. The first-order valence-electron chi connectivity index (χ1n) is 8.23. The molecule has 130 valence electrons. The predicted octanol–water partition coefficient (Wildman–Crippen LogP) is 1.60. The minimum absolute atomic E-state index is 0.0202.